The highest BCUT2D eigenvalue weighted by atomic mass is 32.1. The normalized spacial score (nSPS) is 15.7. The number of aryl methyl sites for hydroxylation is 1. The Labute approximate surface area is 135 Å². The molecular formula is C16H23N5S. The van der Waals surface area contributed by atoms with E-state index in [2.05, 4.69) is 63.7 Å². The zero-order valence-electron chi connectivity index (χ0n) is 13.6. The summed E-state index contributed by atoms with van der Waals surface area (Å²) in [5.74, 6) is 1.63. The minimum absolute atomic E-state index is 0.0543. The van der Waals surface area contributed by atoms with Crippen LogP contribution in [0.3, 0.4) is 0 Å². The van der Waals surface area contributed by atoms with E-state index in [1.807, 2.05) is 6.92 Å². The Morgan fingerprint density at radius 2 is 2.05 bits per heavy atom. The molecule has 3 heterocycles. The summed E-state index contributed by atoms with van der Waals surface area (Å²) in [4.78, 5) is 6.70. The van der Waals surface area contributed by atoms with Crippen LogP contribution in [0.25, 0.3) is 0 Å². The van der Waals surface area contributed by atoms with Crippen LogP contribution in [-0.2, 0) is 5.41 Å². The Balaban J connectivity index is 1.48. The molecule has 3 rings (SSSR count). The molecule has 0 spiro atoms. The van der Waals surface area contributed by atoms with Crippen LogP contribution in [-0.4, -0.2) is 34.8 Å². The molecule has 1 saturated heterocycles. The van der Waals surface area contributed by atoms with Gasteiger partial charge in [-0.1, -0.05) is 20.8 Å². The lowest BCUT2D eigenvalue weighted by molar-refractivity contribution is 0.424. The molecule has 1 fully saturated rings. The fourth-order valence-corrected chi connectivity index (χ4v) is 3.14. The van der Waals surface area contributed by atoms with Crippen LogP contribution in [0.15, 0.2) is 17.5 Å². The smallest absolute Gasteiger partial charge is 0.182 e. The Bertz CT molecular complexity index is 623. The van der Waals surface area contributed by atoms with Gasteiger partial charge >= 0.3 is 0 Å². The van der Waals surface area contributed by atoms with Gasteiger partial charge in [-0.25, -0.2) is 4.98 Å². The van der Waals surface area contributed by atoms with E-state index in [4.69, 9.17) is 0 Å². The molecule has 0 aliphatic carbocycles. The SMILES string of the molecule is Cc1csc(NCC2CN(c3ccc(C(C)(C)C)nn3)C2)n1. The number of nitrogens with zero attached hydrogens (tertiary/aromatic N) is 4. The van der Waals surface area contributed by atoms with Crippen molar-refractivity contribution in [3.8, 4) is 0 Å². The predicted molar refractivity (Wildman–Crippen MR) is 91.8 cm³/mol. The minimum Gasteiger partial charge on any atom is -0.361 e. The second-order valence-corrected chi connectivity index (χ2v) is 7.83. The van der Waals surface area contributed by atoms with Crippen LogP contribution in [0.5, 0.6) is 0 Å². The van der Waals surface area contributed by atoms with Crippen molar-refractivity contribution in [2.24, 2.45) is 5.92 Å². The van der Waals surface area contributed by atoms with Crippen LogP contribution in [0.2, 0.25) is 0 Å². The number of anilines is 2. The maximum Gasteiger partial charge on any atom is 0.182 e. The molecule has 2 aromatic rings. The van der Waals surface area contributed by atoms with Gasteiger partial charge in [0.1, 0.15) is 0 Å². The van der Waals surface area contributed by atoms with Gasteiger partial charge in [0.05, 0.1) is 11.4 Å². The van der Waals surface area contributed by atoms with E-state index < -0.39 is 0 Å². The summed E-state index contributed by atoms with van der Waals surface area (Å²) >= 11 is 1.67. The Morgan fingerprint density at radius 1 is 1.27 bits per heavy atom. The standard InChI is InChI=1S/C16H23N5S/c1-11-10-22-15(18-11)17-7-12-8-21(9-12)14-6-5-13(19-20-14)16(2,3)4/h5-6,10,12H,7-9H2,1-4H3,(H,17,18). The molecular weight excluding hydrogens is 294 g/mol. The number of hydrogen-bond acceptors (Lipinski definition) is 6. The molecule has 0 amide bonds. The number of thiazole rings is 1. The van der Waals surface area contributed by atoms with Gasteiger partial charge < -0.3 is 10.2 Å². The van der Waals surface area contributed by atoms with Crippen molar-refractivity contribution in [2.75, 3.05) is 29.9 Å². The molecule has 118 valence electrons. The molecule has 0 aromatic carbocycles. The molecule has 1 N–H and O–H groups in total. The van der Waals surface area contributed by atoms with E-state index in [9.17, 15) is 0 Å². The highest BCUT2D eigenvalue weighted by Gasteiger charge is 2.28. The molecule has 0 atom stereocenters. The molecule has 0 radical (unpaired) electrons. The van der Waals surface area contributed by atoms with E-state index in [1.54, 1.807) is 11.3 Å². The zero-order chi connectivity index (χ0) is 15.7. The topological polar surface area (TPSA) is 53.9 Å². The molecule has 1 aliphatic heterocycles. The fourth-order valence-electron chi connectivity index (χ4n) is 2.45. The van der Waals surface area contributed by atoms with Crippen LogP contribution >= 0.6 is 11.3 Å². The maximum atomic E-state index is 4.42. The van der Waals surface area contributed by atoms with E-state index in [-0.39, 0.29) is 5.41 Å². The second-order valence-electron chi connectivity index (χ2n) is 6.97. The maximum absolute atomic E-state index is 4.42. The van der Waals surface area contributed by atoms with Gasteiger partial charge in [0, 0.05) is 36.3 Å². The molecule has 6 heteroatoms. The molecule has 22 heavy (non-hydrogen) atoms. The third kappa shape index (κ3) is 3.38. The lowest BCUT2D eigenvalue weighted by Crippen LogP contribution is -2.50. The quantitative estimate of drug-likeness (QED) is 0.939. The summed E-state index contributed by atoms with van der Waals surface area (Å²) in [6.07, 6.45) is 0. The van der Waals surface area contributed by atoms with Crippen molar-refractivity contribution in [3.63, 3.8) is 0 Å². The van der Waals surface area contributed by atoms with Gasteiger partial charge in [-0.15, -0.1) is 16.4 Å². The zero-order valence-corrected chi connectivity index (χ0v) is 14.4. The Hall–Kier alpha value is -1.69. The van der Waals surface area contributed by atoms with Gasteiger partial charge in [-0.3, -0.25) is 0 Å². The first-order valence-electron chi connectivity index (χ1n) is 7.67. The molecule has 2 aromatic heterocycles. The monoisotopic (exact) mass is 317 g/mol. The van der Waals surface area contributed by atoms with Crippen LogP contribution in [0.1, 0.15) is 32.2 Å². The minimum atomic E-state index is 0.0543. The van der Waals surface area contributed by atoms with Crippen molar-refractivity contribution >= 4 is 22.3 Å². The Kier molecular flexibility index (Phi) is 4.04. The van der Waals surface area contributed by atoms with Crippen molar-refractivity contribution < 1.29 is 0 Å². The number of aromatic nitrogens is 3. The van der Waals surface area contributed by atoms with Crippen molar-refractivity contribution in [2.45, 2.75) is 33.1 Å². The van der Waals surface area contributed by atoms with Gasteiger partial charge in [0.15, 0.2) is 10.9 Å². The first-order chi connectivity index (χ1) is 10.4. The molecule has 1 aliphatic rings. The molecule has 0 unspecified atom stereocenters. The van der Waals surface area contributed by atoms with Crippen LogP contribution < -0.4 is 10.2 Å². The molecule has 5 nitrogen and oxygen atoms in total. The number of nitrogens with one attached hydrogen (secondary N) is 1. The lowest BCUT2D eigenvalue weighted by atomic mass is 9.92. The van der Waals surface area contributed by atoms with Gasteiger partial charge in [0.25, 0.3) is 0 Å². The Morgan fingerprint density at radius 3 is 2.59 bits per heavy atom. The number of hydrogen-bond donors (Lipinski definition) is 1. The lowest BCUT2D eigenvalue weighted by Gasteiger charge is -2.40. The largest absolute Gasteiger partial charge is 0.361 e. The van der Waals surface area contributed by atoms with E-state index in [0.717, 1.165) is 42.0 Å². The summed E-state index contributed by atoms with van der Waals surface area (Å²) in [5, 5.41) is 15.2. The first kappa shape index (κ1) is 15.2. The molecule has 0 saturated carbocycles. The predicted octanol–water partition coefficient (Wildman–Crippen LogP) is 3.09. The summed E-state index contributed by atoms with van der Waals surface area (Å²) in [6, 6.07) is 4.17. The van der Waals surface area contributed by atoms with Crippen molar-refractivity contribution in [1.29, 1.82) is 0 Å². The van der Waals surface area contributed by atoms with E-state index >= 15 is 0 Å². The van der Waals surface area contributed by atoms with E-state index in [0.29, 0.717) is 5.92 Å². The summed E-state index contributed by atoms with van der Waals surface area (Å²) in [5.41, 5.74) is 2.17. The fraction of sp³-hybridized carbons (Fsp3) is 0.562. The van der Waals surface area contributed by atoms with Crippen LogP contribution in [0, 0.1) is 12.8 Å². The summed E-state index contributed by atoms with van der Waals surface area (Å²) in [6.45, 7) is 11.5. The van der Waals surface area contributed by atoms with Crippen molar-refractivity contribution in [3.05, 3.63) is 28.9 Å². The van der Waals surface area contributed by atoms with Gasteiger partial charge in [-0.2, -0.15) is 5.10 Å². The van der Waals surface area contributed by atoms with Gasteiger partial charge in [0.2, 0.25) is 0 Å². The number of rotatable bonds is 4. The van der Waals surface area contributed by atoms with Gasteiger partial charge in [-0.05, 0) is 19.1 Å². The van der Waals surface area contributed by atoms with E-state index in [1.165, 1.54) is 0 Å². The highest BCUT2D eigenvalue weighted by molar-refractivity contribution is 7.13. The highest BCUT2D eigenvalue weighted by Crippen LogP contribution is 2.25. The second kappa shape index (κ2) is 5.83. The summed E-state index contributed by atoms with van der Waals surface area (Å²) < 4.78 is 0. The van der Waals surface area contributed by atoms with Crippen molar-refractivity contribution in [1.82, 2.24) is 15.2 Å². The third-order valence-corrected chi connectivity index (χ3v) is 4.78. The van der Waals surface area contributed by atoms with Crippen LogP contribution in [0.4, 0.5) is 10.9 Å². The average molecular weight is 317 g/mol. The summed E-state index contributed by atoms with van der Waals surface area (Å²) in [7, 11) is 0. The third-order valence-electron chi connectivity index (χ3n) is 3.86. The first-order valence-corrected chi connectivity index (χ1v) is 8.55. The average Bonchev–Trinajstić information content (AvgIpc) is 2.82. The molecule has 0 bridgehead atoms.